The molecule has 1 aliphatic heterocycles. The molecule has 5 heteroatoms. The monoisotopic (exact) mass is 208 g/mol. The van der Waals surface area contributed by atoms with Gasteiger partial charge in [0.25, 0.3) is 0 Å². The van der Waals surface area contributed by atoms with Gasteiger partial charge in [0.2, 0.25) is 0 Å². The predicted molar refractivity (Wildman–Crippen MR) is 57.8 cm³/mol. The zero-order valence-corrected chi connectivity index (χ0v) is 9.10. The van der Waals surface area contributed by atoms with Crippen molar-refractivity contribution in [3.63, 3.8) is 0 Å². The molecule has 0 radical (unpaired) electrons. The molecular formula is C10H16N4O. The van der Waals surface area contributed by atoms with E-state index in [9.17, 15) is 4.79 Å². The largest absolute Gasteiger partial charge is 0.363 e. The van der Waals surface area contributed by atoms with E-state index in [-0.39, 0.29) is 5.69 Å². The topological polar surface area (TPSA) is 61.9 Å². The third kappa shape index (κ3) is 2.34. The number of anilines is 1. The highest BCUT2D eigenvalue weighted by molar-refractivity contribution is 5.35. The van der Waals surface area contributed by atoms with Crippen molar-refractivity contribution in [1.29, 1.82) is 0 Å². The van der Waals surface area contributed by atoms with Crippen molar-refractivity contribution in [3.8, 4) is 0 Å². The molecule has 1 aromatic heterocycles. The minimum absolute atomic E-state index is 0.377. The molecule has 0 aromatic carbocycles. The van der Waals surface area contributed by atoms with Gasteiger partial charge in [-0.3, -0.25) is 0 Å². The van der Waals surface area contributed by atoms with E-state index in [1.807, 2.05) is 0 Å². The molecule has 0 unspecified atom stereocenters. The molecule has 5 nitrogen and oxygen atoms in total. The van der Waals surface area contributed by atoms with Gasteiger partial charge in [0.15, 0.2) is 5.82 Å². The van der Waals surface area contributed by atoms with Gasteiger partial charge in [0.05, 0.1) is 6.20 Å². The Kier molecular flexibility index (Phi) is 2.70. The van der Waals surface area contributed by atoms with Crippen molar-refractivity contribution in [1.82, 2.24) is 15.2 Å². The van der Waals surface area contributed by atoms with Crippen molar-refractivity contribution in [3.05, 3.63) is 16.7 Å². The number of piperidine rings is 1. The van der Waals surface area contributed by atoms with Gasteiger partial charge in [-0.25, -0.2) is 9.89 Å². The van der Waals surface area contributed by atoms with Crippen molar-refractivity contribution in [2.45, 2.75) is 20.3 Å². The lowest BCUT2D eigenvalue weighted by Crippen LogP contribution is -2.40. The van der Waals surface area contributed by atoms with Gasteiger partial charge in [0.1, 0.15) is 0 Å². The Bertz CT molecular complexity index is 379. The standard InChI is InChI=1S/C10H16N4O/c1-7-3-8(2)6-14(5-7)9-4-11-13-10(15)12-9/h4,7-8H,3,5-6H2,1-2H3,(H,12,13,15)/t7-,8+. The number of nitrogens with zero attached hydrogens (tertiary/aromatic N) is 3. The maximum absolute atomic E-state index is 11.0. The summed E-state index contributed by atoms with van der Waals surface area (Å²) in [6.07, 6.45) is 2.86. The molecule has 15 heavy (non-hydrogen) atoms. The molecule has 0 saturated carbocycles. The van der Waals surface area contributed by atoms with Crippen LogP contribution in [0.3, 0.4) is 0 Å². The fourth-order valence-corrected chi connectivity index (χ4v) is 2.31. The summed E-state index contributed by atoms with van der Waals surface area (Å²) in [4.78, 5) is 17.1. The molecule has 1 saturated heterocycles. The van der Waals surface area contributed by atoms with Crippen molar-refractivity contribution in [2.24, 2.45) is 11.8 Å². The Labute approximate surface area is 88.5 Å². The number of rotatable bonds is 1. The van der Waals surface area contributed by atoms with Gasteiger partial charge >= 0.3 is 5.69 Å². The summed E-state index contributed by atoms with van der Waals surface area (Å²) >= 11 is 0. The van der Waals surface area contributed by atoms with E-state index in [0.717, 1.165) is 13.1 Å². The normalized spacial score (nSPS) is 26.7. The number of aromatic nitrogens is 3. The summed E-state index contributed by atoms with van der Waals surface area (Å²) in [6, 6.07) is 0. The highest BCUT2D eigenvalue weighted by atomic mass is 16.1. The van der Waals surface area contributed by atoms with E-state index >= 15 is 0 Å². The molecule has 1 fully saturated rings. The quantitative estimate of drug-likeness (QED) is 0.736. The second-order valence-electron chi connectivity index (χ2n) is 4.50. The summed E-state index contributed by atoms with van der Waals surface area (Å²) in [6.45, 7) is 6.37. The summed E-state index contributed by atoms with van der Waals surface area (Å²) in [7, 11) is 0. The van der Waals surface area contributed by atoms with Gasteiger partial charge in [-0.15, -0.1) is 0 Å². The minimum atomic E-state index is -0.377. The fourth-order valence-electron chi connectivity index (χ4n) is 2.31. The van der Waals surface area contributed by atoms with E-state index in [0.29, 0.717) is 17.7 Å². The van der Waals surface area contributed by atoms with E-state index in [1.54, 1.807) is 6.20 Å². The van der Waals surface area contributed by atoms with Gasteiger partial charge in [-0.1, -0.05) is 13.8 Å². The highest BCUT2D eigenvalue weighted by Crippen LogP contribution is 2.23. The number of aromatic amines is 1. The van der Waals surface area contributed by atoms with Crippen molar-refractivity contribution in [2.75, 3.05) is 18.0 Å². The molecule has 0 bridgehead atoms. The Morgan fingerprint density at radius 3 is 2.67 bits per heavy atom. The Hall–Kier alpha value is -1.39. The molecule has 0 aliphatic carbocycles. The van der Waals surface area contributed by atoms with Crippen LogP contribution in [0.1, 0.15) is 20.3 Å². The van der Waals surface area contributed by atoms with E-state index in [4.69, 9.17) is 0 Å². The fraction of sp³-hybridized carbons (Fsp3) is 0.700. The molecule has 0 spiro atoms. The first kappa shape index (κ1) is 10.1. The number of nitrogens with one attached hydrogen (secondary N) is 1. The van der Waals surface area contributed by atoms with Crippen LogP contribution >= 0.6 is 0 Å². The first-order chi connectivity index (χ1) is 7.15. The second-order valence-corrected chi connectivity index (χ2v) is 4.50. The predicted octanol–water partition coefficient (Wildman–Crippen LogP) is 0.647. The third-order valence-corrected chi connectivity index (χ3v) is 2.75. The lowest BCUT2D eigenvalue weighted by molar-refractivity contribution is 0.355. The maximum Gasteiger partial charge on any atom is 0.363 e. The second kappa shape index (κ2) is 4.00. The Morgan fingerprint density at radius 2 is 2.07 bits per heavy atom. The molecule has 2 atom stereocenters. The summed E-state index contributed by atoms with van der Waals surface area (Å²) in [5.41, 5.74) is -0.377. The van der Waals surface area contributed by atoms with Crippen molar-refractivity contribution < 1.29 is 0 Å². The van der Waals surface area contributed by atoms with E-state index in [1.165, 1.54) is 6.42 Å². The third-order valence-electron chi connectivity index (χ3n) is 2.75. The lowest BCUT2D eigenvalue weighted by atomic mass is 9.92. The molecule has 1 N–H and O–H groups in total. The molecule has 0 amide bonds. The highest BCUT2D eigenvalue weighted by Gasteiger charge is 2.22. The number of hydrogen-bond donors (Lipinski definition) is 1. The van der Waals surface area contributed by atoms with Gasteiger partial charge < -0.3 is 4.90 Å². The first-order valence-corrected chi connectivity index (χ1v) is 5.32. The molecule has 2 heterocycles. The smallest absolute Gasteiger partial charge is 0.355 e. The van der Waals surface area contributed by atoms with Crippen LogP contribution in [0.4, 0.5) is 5.82 Å². The summed E-state index contributed by atoms with van der Waals surface area (Å²) in [5, 5.41) is 6.06. The SMILES string of the molecule is C[C@@H]1C[C@H](C)CN(c2cn[nH]c(=O)n2)C1. The summed E-state index contributed by atoms with van der Waals surface area (Å²) < 4.78 is 0. The van der Waals surface area contributed by atoms with Crippen LogP contribution < -0.4 is 10.6 Å². The average molecular weight is 208 g/mol. The van der Waals surface area contributed by atoms with Crippen LogP contribution in [0.25, 0.3) is 0 Å². The maximum atomic E-state index is 11.0. The van der Waals surface area contributed by atoms with Crippen LogP contribution in [-0.2, 0) is 0 Å². The van der Waals surface area contributed by atoms with Crippen LogP contribution in [0.2, 0.25) is 0 Å². The van der Waals surface area contributed by atoms with Crippen LogP contribution in [0.15, 0.2) is 11.0 Å². The number of H-pyrrole nitrogens is 1. The van der Waals surface area contributed by atoms with Crippen LogP contribution in [-0.4, -0.2) is 28.3 Å². The van der Waals surface area contributed by atoms with Crippen LogP contribution in [0.5, 0.6) is 0 Å². The zero-order valence-electron chi connectivity index (χ0n) is 9.10. The summed E-state index contributed by atoms with van der Waals surface area (Å²) in [5.74, 6) is 1.99. The zero-order chi connectivity index (χ0) is 10.8. The minimum Gasteiger partial charge on any atom is -0.355 e. The Morgan fingerprint density at radius 1 is 1.40 bits per heavy atom. The van der Waals surface area contributed by atoms with Gasteiger partial charge in [0, 0.05) is 13.1 Å². The molecule has 82 valence electrons. The molecule has 1 aliphatic rings. The average Bonchev–Trinajstić information content (AvgIpc) is 2.16. The van der Waals surface area contributed by atoms with Gasteiger partial charge in [-0.05, 0) is 18.3 Å². The molecule has 2 rings (SSSR count). The van der Waals surface area contributed by atoms with E-state index in [2.05, 4.69) is 33.9 Å². The first-order valence-electron chi connectivity index (χ1n) is 5.32. The number of hydrogen-bond acceptors (Lipinski definition) is 4. The molecular weight excluding hydrogens is 192 g/mol. The van der Waals surface area contributed by atoms with E-state index < -0.39 is 0 Å². The molecule has 1 aromatic rings. The van der Waals surface area contributed by atoms with Gasteiger partial charge in [-0.2, -0.15) is 10.1 Å². The lowest BCUT2D eigenvalue weighted by Gasteiger charge is -2.35. The Balaban J connectivity index is 2.19. The van der Waals surface area contributed by atoms with Crippen LogP contribution in [0, 0.1) is 11.8 Å². The van der Waals surface area contributed by atoms with Crippen molar-refractivity contribution >= 4 is 5.82 Å².